The van der Waals surface area contributed by atoms with Gasteiger partial charge in [-0.1, -0.05) is 0 Å². The van der Waals surface area contributed by atoms with Crippen LogP contribution in [-0.4, -0.2) is 35.8 Å². The summed E-state index contributed by atoms with van der Waals surface area (Å²) in [5, 5.41) is 8.86. The maximum Gasteiger partial charge on any atom is 0.323 e. The number of imidazole rings is 1. The predicted molar refractivity (Wildman–Crippen MR) is 76.0 cm³/mol. The smallest absolute Gasteiger partial charge is 0.306 e. The molecule has 2 N–H and O–H groups in total. The third-order valence-electron chi connectivity index (χ3n) is 3.76. The zero-order valence-corrected chi connectivity index (χ0v) is 12.0. The first-order valence-corrected chi connectivity index (χ1v) is 8.06. The van der Waals surface area contributed by atoms with Crippen LogP contribution in [-0.2, 0) is 10.0 Å². The van der Waals surface area contributed by atoms with E-state index in [1.165, 1.54) is 16.4 Å². The second-order valence-corrected chi connectivity index (χ2v) is 7.03. The van der Waals surface area contributed by atoms with Crippen molar-refractivity contribution in [3.05, 3.63) is 28.7 Å². The Labute approximate surface area is 121 Å². The average Bonchev–Trinajstić information content (AvgIpc) is 2.86. The molecule has 2 heterocycles. The molecule has 110 valence electrons. The fourth-order valence-electron chi connectivity index (χ4n) is 2.55. The molecular formula is C13H14N4O3S. The molecule has 0 amide bonds. The van der Waals surface area contributed by atoms with Gasteiger partial charge in [-0.15, -0.1) is 0 Å². The normalized spacial score (nSPS) is 17.9. The second-order valence-electron chi connectivity index (χ2n) is 5.09. The Balaban J connectivity index is 1.93. The minimum absolute atomic E-state index is 0.0695. The van der Waals surface area contributed by atoms with E-state index in [-0.39, 0.29) is 16.5 Å². The molecule has 8 heteroatoms. The van der Waals surface area contributed by atoms with Crippen LogP contribution in [0.25, 0.3) is 11.0 Å². The Morgan fingerprint density at radius 2 is 1.86 bits per heavy atom. The van der Waals surface area contributed by atoms with E-state index in [4.69, 9.17) is 5.26 Å². The molecule has 3 rings (SSSR count). The van der Waals surface area contributed by atoms with E-state index in [1.54, 1.807) is 6.07 Å². The van der Waals surface area contributed by atoms with Gasteiger partial charge < -0.3 is 9.97 Å². The molecule has 1 fully saturated rings. The Morgan fingerprint density at radius 3 is 2.52 bits per heavy atom. The van der Waals surface area contributed by atoms with Crippen molar-refractivity contribution in [1.29, 1.82) is 5.26 Å². The van der Waals surface area contributed by atoms with Crippen molar-refractivity contribution in [3.8, 4) is 6.07 Å². The van der Waals surface area contributed by atoms with Crippen LogP contribution >= 0.6 is 0 Å². The number of rotatable bonds is 2. The molecule has 0 aliphatic carbocycles. The van der Waals surface area contributed by atoms with Gasteiger partial charge in [-0.2, -0.15) is 9.57 Å². The molecule has 0 spiro atoms. The van der Waals surface area contributed by atoms with E-state index in [9.17, 15) is 13.2 Å². The minimum Gasteiger partial charge on any atom is -0.306 e. The quantitative estimate of drug-likeness (QED) is 0.854. The van der Waals surface area contributed by atoms with Crippen LogP contribution in [0.1, 0.15) is 12.8 Å². The summed E-state index contributed by atoms with van der Waals surface area (Å²) in [6.45, 7) is 0.699. The summed E-state index contributed by atoms with van der Waals surface area (Å²) in [6, 6.07) is 6.69. The van der Waals surface area contributed by atoms with Crippen molar-refractivity contribution in [2.45, 2.75) is 17.7 Å². The highest BCUT2D eigenvalue weighted by Gasteiger charge is 2.29. The van der Waals surface area contributed by atoms with Crippen molar-refractivity contribution in [2.24, 2.45) is 5.92 Å². The lowest BCUT2D eigenvalue weighted by molar-refractivity contribution is 0.310. The number of fused-ring (bicyclic) bond motifs is 1. The monoisotopic (exact) mass is 306 g/mol. The molecule has 1 saturated heterocycles. The zero-order valence-electron chi connectivity index (χ0n) is 11.2. The van der Waals surface area contributed by atoms with E-state index >= 15 is 0 Å². The Bertz CT molecular complexity index is 867. The highest BCUT2D eigenvalue weighted by molar-refractivity contribution is 7.89. The Morgan fingerprint density at radius 1 is 1.19 bits per heavy atom. The molecular weight excluding hydrogens is 292 g/mol. The molecule has 0 unspecified atom stereocenters. The molecule has 0 saturated carbocycles. The lowest BCUT2D eigenvalue weighted by atomic mass is 10.0. The number of aromatic amines is 2. The summed E-state index contributed by atoms with van der Waals surface area (Å²) in [5.74, 6) is -0.0695. The van der Waals surface area contributed by atoms with Crippen LogP contribution in [0.4, 0.5) is 0 Å². The summed E-state index contributed by atoms with van der Waals surface area (Å²) in [5.41, 5.74) is 0.671. The van der Waals surface area contributed by atoms with Crippen LogP contribution in [0.2, 0.25) is 0 Å². The summed E-state index contributed by atoms with van der Waals surface area (Å²) < 4.78 is 26.5. The van der Waals surface area contributed by atoms with Crippen molar-refractivity contribution >= 4 is 21.1 Å². The number of H-pyrrole nitrogens is 2. The first-order chi connectivity index (χ1) is 10.0. The number of nitriles is 1. The van der Waals surface area contributed by atoms with Gasteiger partial charge in [-0.05, 0) is 31.0 Å². The van der Waals surface area contributed by atoms with E-state index in [0.29, 0.717) is 37.0 Å². The van der Waals surface area contributed by atoms with Gasteiger partial charge in [0.15, 0.2) is 0 Å². The van der Waals surface area contributed by atoms with E-state index in [1.807, 2.05) is 0 Å². The second kappa shape index (κ2) is 5.02. The average molecular weight is 306 g/mol. The topological polar surface area (TPSA) is 110 Å². The molecule has 2 aromatic rings. The number of nitrogens with one attached hydrogen (secondary N) is 2. The van der Waals surface area contributed by atoms with Crippen molar-refractivity contribution in [2.75, 3.05) is 13.1 Å². The van der Waals surface area contributed by atoms with Gasteiger partial charge in [0.2, 0.25) is 10.0 Å². The lowest BCUT2D eigenvalue weighted by Crippen LogP contribution is -2.38. The fourth-order valence-corrected chi connectivity index (χ4v) is 4.04. The van der Waals surface area contributed by atoms with Gasteiger partial charge in [0.1, 0.15) is 0 Å². The zero-order chi connectivity index (χ0) is 15.0. The number of hydrogen-bond acceptors (Lipinski definition) is 4. The summed E-state index contributed by atoms with van der Waals surface area (Å²) in [4.78, 5) is 16.5. The SMILES string of the molecule is N#CC1CCN(S(=O)(=O)c2ccc3[nH]c(=O)[nH]c3c2)CC1. The van der Waals surface area contributed by atoms with Crippen molar-refractivity contribution < 1.29 is 8.42 Å². The van der Waals surface area contributed by atoms with Crippen molar-refractivity contribution in [3.63, 3.8) is 0 Å². The largest absolute Gasteiger partial charge is 0.323 e. The van der Waals surface area contributed by atoms with Crippen LogP contribution in [0.3, 0.4) is 0 Å². The molecule has 0 atom stereocenters. The number of benzene rings is 1. The first kappa shape index (κ1) is 13.9. The number of piperidine rings is 1. The lowest BCUT2D eigenvalue weighted by Gasteiger charge is -2.28. The molecule has 21 heavy (non-hydrogen) atoms. The molecule has 1 aliphatic heterocycles. The van der Waals surface area contributed by atoms with Crippen LogP contribution in [0.5, 0.6) is 0 Å². The van der Waals surface area contributed by atoms with E-state index < -0.39 is 10.0 Å². The van der Waals surface area contributed by atoms with E-state index in [2.05, 4.69) is 16.0 Å². The van der Waals surface area contributed by atoms with Gasteiger partial charge in [0, 0.05) is 19.0 Å². The van der Waals surface area contributed by atoms with Gasteiger partial charge in [-0.25, -0.2) is 13.2 Å². The van der Waals surface area contributed by atoms with Gasteiger partial charge in [-0.3, -0.25) is 0 Å². The Kier molecular flexibility index (Phi) is 3.31. The number of sulfonamides is 1. The highest BCUT2D eigenvalue weighted by atomic mass is 32.2. The first-order valence-electron chi connectivity index (χ1n) is 6.62. The molecule has 1 aromatic heterocycles. The predicted octanol–water partition coefficient (Wildman–Crippen LogP) is 0.780. The van der Waals surface area contributed by atoms with Gasteiger partial charge in [0.25, 0.3) is 0 Å². The van der Waals surface area contributed by atoms with Gasteiger partial charge in [0.05, 0.1) is 22.0 Å². The fraction of sp³-hybridized carbons (Fsp3) is 0.385. The third kappa shape index (κ3) is 2.46. The maximum atomic E-state index is 12.6. The summed E-state index contributed by atoms with van der Waals surface area (Å²) >= 11 is 0. The molecule has 0 bridgehead atoms. The van der Waals surface area contributed by atoms with Gasteiger partial charge >= 0.3 is 5.69 Å². The molecule has 1 aromatic carbocycles. The van der Waals surface area contributed by atoms with Crippen LogP contribution in [0, 0.1) is 17.2 Å². The Hall–Kier alpha value is -2.11. The number of hydrogen-bond donors (Lipinski definition) is 2. The van der Waals surface area contributed by atoms with E-state index in [0.717, 1.165) is 0 Å². The molecule has 0 radical (unpaired) electrons. The highest BCUT2D eigenvalue weighted by Crippen LogP contribution is 2.24. The number of nitrogens with zero attached hydrogens (tertiary/aromatic N) is 2. The maximum absolute atomic E-state index is 12.6. The third-order valence-corrected chi connectivity index (χ3v) is 5.66. The van der Waals surface area contributed by atoms with Crippen molar-refractivity contribution in [1.82, 2.24) is 14.3 Å². The van der Waals surface area contributed by atoms with Crippen LogP contribution < -0.4 is 5.69 Å². The summed E-state index contributed by atoms with van der Waals surface area (Å²) in [6.07, 6.45) is 1.11. The molecule has 1 aliphatic rings. The van der Waals surface area contributed by atoms with Crippen LogP contribution in [0.15, 0.2) is 27.9 Å². The molecule has 7 nitrogen and oxygen atoms in total. The standard InChI is InChI=1S/C13H14N4O3S/c14-8-9-3-5-17(6-4-9)21(19,20)10-1-2-11-12(7-10)16-13(18)15-11/h1-2,7,9H,3-6H2,(H2,15,16,18). The minimum atomic E-state index is -3.59. The summed E-state index contributed by atoms with van der Waals surface area (Å²) in [7, 11) is -3.59. The number of aromatic nitrogens is 2.